The number of hydrogen-bond donors (Lipinski definition) is 0. The van der Waals surface area contributed by atoms with E-state index in [2.05, 4.69) is 20.8 Å². The summed E-state index contributed by atoms with van der Waals surface area (Å²) in [6, 6.07) is 0. The molecule has 1 unspecified atom stereocenters. The van der Waals surface area contributed by atoms with Gasteiger partial charge in [0.25, 0.3) is 0 Å². The monoisotopic (exact) mass is 286 g/mol. The Morgan fingerprint density at radius 2 is 1.60 bits per heavy atom. The van der Waals surface area contributed by atoms with Gasteiger partial charge in [0.1, 0.15) is 0 Å². The van der Waals surface area contributed by atoms with Crippen molar-refractivity contribution >= 4 is 5.97 Å². The molecule has 0 fully saturated rings. The normalized spacial score (nSPS) is 12.3. The fourth-order valence-corrected chi connectivity index (χ4v) is 1.81. The van der Waals surface area contributed by atoms with Gasteiger partial charge in [-0.05, 0) is 25.2 Å². The molecule has 0 aliphatic carbocycles. The molecule has 1 atom stereocenters. The minimum atomic E-state index is -0.0502. The zero-order valence-electron chi connectivity index (χ0n) is 13.8. The maximum Gasteiger partial charge on any atom is 0.305 e. The summed E-state index contributed by atoms with van der Waals surface area (Å²) in [5, 5.41) is 0. The van der Waals surface area contributed by atoms with Crippen molar-refractivity contribution in [2.75, 3.05) is 19.8 Å². The van der Waals surface area contributed by atoms with Crippen molar-refractivity contribution in [3.8, 4) is 0 Å². The highest BCUT2D eigenvalue weighted by atomic mass is 16.5. The Labute approximate surface area is 125 Å². The van der Waals surface area contributed by atoms with Crippen molar-refractivity contribution in [3.05, 3.63) is 0 Å². The van der Waals surface area contributed by atoms with Crippen LogP contribution in [0.4, 0.5) is 0 Å². The molecule has 120 valence electrons. The first-order chi connectivity index (χ1) is 9.70. The summed E-state index contributed by atoms with van der Waals surface area (Å²) in [4.78, 5) is 11.4. The van der Waals surface area contributed by atoms with Crippen LogP contribution in [-0.2, 0) is 14.3 Å². The van der Waals surface area contributed by atoms with Gasteiger partial charge < -0.3 is 9.47 Å². The van der Waals surface area contributed by atoms with Gasteiger partial charge in [-0.25, -0.2) is 0 Å². The van der Waals surface area contributed by atoms with Crippen LogP contribution in [0.2, 0.25) is 0 Å². The van der Waals surface area contributed by atoms with E-state index in [1.807, 2.05) is 0 Å². The van der Waals surface area contributed by atoms with Gasteiger partial charge in [-0.2, -0.15) is 0 Å². The lowest BCUT2D eigenvalue weighted by atomic mass is 10.1. The number of hydrogen-bond acceptors (Lipinski definition) is 3. The maximum atomic E-state index is 11.4. The van der Waals surface area contributed by atoms with E-state index in [4.69, 9.17) is 9.47 Å². The van der Waals surface area contributed by atoms with Gasteiger partial charge in [-0.15, -0.1) is 0 Å². The minimum absolute atomic E-state index is 0.0502. The molecule has 0 rings (SSSR count). The van der Waals surface area contributed by atoms with Gasteiger partial charge in [0, 0.05) is 19.6 Å². The molecule has 0 saturated heterocycles. The van der Waals surface area contributed by atoms with Crippen molar-refractivity contribution in [1.29, 1.82) is 0 Å². The fourth-order valence-electron chi connectivity index (χ4n) is 1.81. The van der Waals surface area contributed by atoms with E-state index in [1.165, 1.54) is 25.7 Å². The van der Waals surface area contributed by atoms with E-state index in [0.717, 1.165) is 38.9 Å². The highest BCUT2D eigenvalue weighted by molar-refractivity contribution is 5.69. The van der Waals surface area contributed by atoms with E-state index < -0.39 is 0 Å². The van der Waals surface area contributed by atoms with Crippen molar-refractivity contribution in [3.63, 3.8) is 0 Å². The van der Waals surface area contributed by atoms with Gasteiger partial charge in [0.2, 0.25) is 0 Å². The average Bonchev–Trinajstić information content (AvgIpc) is 2.46. The number of ether oxygens (including phenoxy) is 2. The van der Waals surface area contributed by atoms with Crippen molar-refractivity contribution < 1.29 is 14.3 Å². The number of esters is 1. The van der Waals surface area contributed by atoms with Crippen LogP contribution >= 0.6 is 0 Å². The Morgan fingerprint density at radius 3 is 2.20 bits per heavy atom. The molecule has 0 N–H and O–H groups in total. The Bertz CT molecular complexity index is 216. The summed E-state index contributed by atoms with van der Waals surface area (Å²) < 4.78 is 10.8. The van der Waals surface area contributed by atoms with Crippen LogP contribution in [0.3, 0.4) is 0 Å². The third-order valence-electron chi connectivity index (χ3n) is 3.54. The Kier molecular flexibility index (Phi) is 14.4. The standard InChI is InChI=1S/C17H34O3/c1-4-6-7-10-13-19-14-11-8-9-12-17(18)20-15-16(3)5-2/h16H,4-15H2,1-3H3. The van der Waals surface area contributed by atoms with Crippen LogP contribution in [0.15, 0.2) is 0 Å². The topological polar surface area (TPSA) is 35.5 Å². The molecule has 0 bridgehead atoms. The largest absolute Gasteiger partial charge is 0.465 e. The van der Waals surface area contributed by atoms with Crippen molar-refractivity contribution in [2.45, 2.75) is 78.6 Å². The second-order valence-electron chi connectivity index (χ2n) is 5.68. The molecule has 3 nitrogen and oxygen atoms in total. The smallest absolute Gasteiger partial charge is 0.305 e. The molecule has 0 amide bonds. The first-order valence-corrected chi connectivity index (χ1v) is 8.44. The molecule has 0 aromatic carbocycles. The van der Waals surface area contributed by atoms with Crippen LogP contribution in [0.1, 0.15) is 78.6 Å². The molecule has 3 heteroatoms. The van der Waals surface area contributed by atoms with E-state index in [-0.39, 0.29) is 5.97 Å². The molecule has 0 aliphatic heterocycles. The first-order valence-electron chi connectivity index (χ1n) is 8.44. The lowest BCUT2D eigenvalue weighted by molar-refractivity contribution is -0.145. The molecular formula is C17H34O3. The third-order valence-corrected chi connectivity index (χ3v) is 3.54. The van der Waals surface area contributed by atoms with Crippen LogP contribution in [-0.4, -0.2) is 25.8 Å². The second-order valence-corrected chi connectivity index (χ2v) is 5.68. The average molecular weight is 286 g/mol. The molecule has 20 heavy (non-hydrogen) atoms. The predicted octanol–water partition coefficient (Wildman–Crippen LogP) is 4.73. The third kappa shape index (κ3) is 13.9. The van der Waals surface area contributed by atoms with Gasteiger partial charge in [-0.1, -0.05) is 52.9 Å². The lowest BCUT2D eigenvalue weighted by Crippen LogP contribution is -2.11. The second kappa shape index (κ2) is 14.8. The van der Waals surface area contributed by atoms with Crippen LogP contribution < -0.4 is 0 Å². The number of rotatable bonds is 14. The van der Waals surface area contributed by atoms with Crippen molar-refractivity contribution in [2.24, 2.45) is 5.92 Å². The summed E-state index contributed by atoms with van der Waals surface area (Å²) in [6.45, 7) is 8.71. The number of carbonyl (C=O) groups excluding carboxylic acids is 1. The van der Waals surface area contributed by atoms with E-state index in [0.29, 0.717) is 18.9 Å². The van der Waals surface area contributed by atoms with Crippen molar-refractivity contribution in [1.82, 2.24) is 0 Å². The Morgan fingerprint density at radius 1 is 0.950 bits per heavy atom. The molecule has 0 heterocycles. The summed E-state index contributed by atoms with van der Waals surface area (Å²) in [5.74, 6) is 0.422. The Hall–Kier alpha value is -0.570. The number of unbranched alkanes of at least 4 members (excludes halogenated alkanes) is 5. The Balaban J connectivity index is 3.17. The molecule has 0 saturated carbocycles. The van der Waals surface area contributed by atoms with Gasteiger partial charge in [0.05, 0.1) is 6.61 Å². The zero-order chi connectivity index (χ0) is 15.1. The summed E-state index contributed by atoms with van der Waals surface area (Å²) in [7, 11) is 0. The molecule has 0 aromatic rings. The summed E-state index contributed by atoms with van der Waals surface area (Å²) in [6.07, 6.45) is 9.65. The molecule has 0 spiro atoms. The van der Waals surface area contributed by atoms with Gasteiger partial charge >= 0.3 is 5.97 Å². The minimum Gasteiger partial charge on any atom is -0.465 e. The number of carbonyl (C=O) groups is 1. The molecule has 0 radical (unpaired) electrons. The maximum absolute atomic E-state index is 11.4. The zero-order valence-corrected chi connectivity index (χ0v) is 13.8. The highest BCUT2D eigenvalue weighted by Crippen LogP contribution is 2.06. The highest BCUT2D eigenvalue weighted by Gasteiger charge is 2.05. The molecular weight excluding hydrogens is 252 g/mol. The molecule has 0 aromatic heterocycles. The van der Waals surface area contributed by atoms with E-state index in [9.17, 15) is 4.79 Å². The van der Waals surface area contributed by atoms with E-state index >= 15 is 0 Å². The van der Waals surface area contributed by atoms with Gasteiger partial charge in [-0.3, -0.25) is 4.79 Å². The van der Waals surface area contributed by atoms with Crippen LogP contribution in [0.5, 0.6) is 0 Å². The summed E-state index contributed by atoms with van der Waals surface area (Å²) >= 11 is 0. The predicted molar refractivity (Wildman–Crippen MR) is 83.8 cm³/mol. The first kappa shape index (κ1) is 19.4. The SMILES string of the molecule is CCCCCCOCCCCCC(=O)OCC(C)CC. The van der Waals surface area contributed by atoms with Gasteiger partial charge in [0.15, 0.2) is 0 Å². The quantitative estimate of drug-likeness (QED) is 0.342. The van der Waals surface area contributed by atoms with Crippen LogP contribution in [0, 0.1) is 5.92 Å². The fraction of sp³-hybridized carbons (Fsp3) is 0.941. The summed E-state index contributed by atoms with van der Waals surface area (Å²) in [5.41, 5.74) is 0. The van der Waals surface area contributed by atoms with Crippen LogP contribution in [0.25, 0.3) is 0 Å². The van der Waals surface area contributed by atoms with E-state index in [1.54, 1.807) is 0 Å². The lowest BCUT2D eigenvalue weighted by Gasteiger charge is -2.09. The molecule has 0 aliphatic rings.